The number of hydrogen-bond acceptors (Lipinski definition) is 2. The van der Waals surface area contributed by atoms with Crippen molar-refractivity contribution >= 4 is 5.91 Å². The van der Waals surface area contributed by atoms with Gasteiger partial charge in [0.05, 0.1) is 0 Å². The predicted molar refractivity (Wildman–Crippen MR) is 50.1 cm³/mol. The lowest BCUT2D eigenvalue weighted by Crippen LogP contribution is -2.24. The number of aromatic amines is 1. The summed E-state index contributed by atoms with van der Waals surface area (Å²) in [6.45, 7) is 4.09. The minimum atomic E-state index is 0.00144. The summed E-state index contributed by atoms with van der Waals surface area (Å²) in [7, 11) is 0. The second kappa shape index (κ2) is 5.13. The molecule has 4 nitrogen and oxygen atoms in total. The molecule has 0 spiro atoms. The van der Waals surface area contributed by atoms with Crippen molar-refractivity contribution in [2.45, 2.75) is 12.8 Å². The van der Waals surface area contributed by atoms with Crippen LogP contribution in [-0.2, 0) is 11.2 Å². The van der Waals surface area contributed by atoms with Gasteiger partial charge in [-0.1, -0.05) is 6.08 Å². The molecule has 0 aliphatic rings. The van der Waals surface area contributed by atoms with Gasteiger partial charge in [0.2, 0.25) is 5.91 Å². The molecule has 70 valence electrons. The first-order valence-electron chi connectivity index (χ1n) is 4.19. The molecular weight excluding hydrogens is 166 g/mol. The molecule has 0 bridgehead atoms. The lowest BCUT2D eigenvalue weighted by molar-refractivity contribution is -0.120. The molecule has 1 aromatic heterocycles. The largest absolute Gasteiger partial charge is 0.355 e. The van der Waals surface area contributed by atoms with Crippen LogP contribution in [-0.4, -0.2) is 22.4 Å². The second-order valence-electron chi connectivity index (χ2n) is 2.63. The molecule has 1 amide bonds. The van der Waals surface area contributed by atoms with E-state index in [4.69, 9.17) is 0 Å². The summed E-state index contributed by atoms with van der Waals surface area (Å²) in [4.78, 5) is 18.0. The first-order chi connectivity index (χ1) is 6.33. The zero-order chi connectivity index (χ0) is 9.52. The van der Waals surface area contributed by atoms with Crippen LogP contribution in [0.2, 0.25) is 0 Å². The van der Waals surface area contributed by atoms with Crippen LogP contribution in [0.1, 0.15) is 12.2 Å². The molecule has 0 radical (unpaired) electrons. The Kier molecular flexibility index (Phi) is 3.75. The zero-order valence-electron chi connectivity index (χ0n) is 7.42. The molecule has 0 atom stereocenters. The monoisotopic (exact) mass is 179 g/mol. The highest BCUT2D eigenvalue weighted by molar-refractivity contribution is 5.77. The third kappa shape index (κ3) is 3.55. The highest BCUT2D eigenvalue weighted by Crippen LogP contribution is 1.88. The third-order valence-corrected chi connectivity index (χ3v) is 1.57. The smallest absolute Gasteiger partial charge is 0.223 e. The Morgan fingerprint density at radius 1 is 1.77 bits per heavy atom. The minimum absolute atomic E-state index is 0.00144. The molecule has 0 saturated heterocycles. The maximum absolute atomic E-state index is 11.0. The molecule has 2 N–H and O–H groups in total. The fourth-order valence-electron chi connectivity index (χ4n) is 0.958. The molecule has 1 aromatic rings. The van der Waals surface area contributed by atoms with Crippen LogP contribution in [0, 0.1) is 0 Å². The minimum Gasteiger partial charge on any atom is -0.355 e. The van der Waals surface area contributed by atoms with Crippen LogP contribution >= 0.6 is 0 Å². The molecule has 1 rings (SSSR count). The topological polar surface area (TPSA) is 57.8 Å². The standard InChI is InChI=1S/C9H13N3O/c1-2-3-9(13)12-5-4-8-10-6-7-11-8/h2,6-7H,1,3-5H2,(H,10,11)(H,12,13). The quantitative estimate of drug-likeness (QED) is 0.652. The highest BCUT2D eigenvalue weighted by atomic mass is 16.1. The Balaban J connectivity index is 2.14. The van der Waals surface area contributed by atoms with Crippen molar-refractivity contribution in [3.63, 3.8) is 0 Å². The van der Waals surface area contributed by atoms with Crippen LogP contribution in [0.4, 0.5) is 0 Å². The van der Waals surface area contributed by atoms with E-state index in [2.05, 4.69) is 21.9 Å². The number of rotatable bonds is 5. The van der Waals surface area contributed by atoms with E-state index in [1.165, 1.54) is 0 Å². The van der Waals surface area contributed by atoms with Gasteiger partial charge in [-0.05, 0) is 0 Å². The summed E-state index contributed by atoms with van der Waals surface area (Å²) in [6, 6.07) is 0. The number of hydrogen-bond donors (Lipinski definition) is 2. The number of imidazole rings is 1. The Bertz CT molecular complexity index is 266. The Morgan fingerprint density at radius 3 is 3.23 bits per heavy atom. The average Bonchev–Trinajstić information content (AvgIpc) is 2.57. The van der Waals surface area contributed by atoms with Crippen LogP contribution in [0.3, 0.4) is 0 Å². The molecule has 0 aliphatic heterocycles. The van der Waals surface area contributed by atoms with Gasteiger partial charge in [-0.15, -0.1) is 6.58 Å². The summed E-state index contributed by atoms with van der Waals surface area (Å²) in [5.74, 6) is 0.889. The van der Waals surface area contributed by atoms with E-state index in [1.54, 1.807) is 18.5 Å². The van der Waals surface area contributed by atoms with E-state index in [1.807, 2.05) is 0 Å². The number of carbonyl (C=O) groups is 1. The Hall–Kier alpha value is -1.58. The second-order valence-corrected chi connectivity index (χ2v) is 2.63. The van der Waals surface area contributed by atoms with E-state index in [0.717, 1.165) is 12.2 Å². The Morgan fingerprint density at radius 2 is 2.62 bits per heavy atom. The molecule has 4 heteroatoms. The Labute approximate surface area is 77.1 Å². The van der Waals surface area contributed by atoms with Gasteiger partial charge < -0.3 is 10.3 Å². The molecule has 0 unspecified atom stereocenters. The molecule has 1 heterocycles. The van der Waals surface area contributed by atoms with E-state index in [9.17, 15) is 4.79 Å². The first-order valence-corrected chi connectivity index (χ1v) is 4.19. The molecule has 0 fully saturated rings. The summed E-state index contributed by atoms with van der Waals surface area (Å²) in [5.41, 5.74) is 0. The average molecular weight is 179 g/mol. The van der Waals surface area contributed by atoms with Crippen molar-refractivity contribution in [1.82, 2.24) is 15.3 Å². The van der Waals surface area contributed by atoms with Gasteiger partial charge in [0.25, 0.3) is 0 Å². The molecule has 13 heavy (non-hydrogen) atoms. The SMILES string of the molecule is C=CCC(=O)NCCc1ncc[nH]1. The fraction of sp³-hybridized carbons (Fsp3) is 0.333. The van der Waals surface area contributed by atoms with Crippen LogP contribution in [0.5, 0.6) is 0 Å². The molecular formula is C9H13N3O. The lowest BCUT2D eigenvalue weighted by Gasteiger charge is -2.00. The summed E-state index contributed by atoms with van der Waals surface area (Å²) >= 11 is 0. The number of carbonyl (C=O) groups excluding carboxylic acids is 1. The van der Waals surface area contributed by atoms with Gasteiger partial charge in [0, 0.05) is 31.8 Å². The normalized spacial score (nSPS) is 9.54. The van der Waals surface area contributed by atoms with Crippen LogP contribution in [0.15, 0.2) is 25.0 Å². The molecule has 0 aromatic carbocycles. The van der Waals surface area contributed by atoms with Gasteiger partial charge in [-0.3, -0.25) is 4.79 Å². The maximum Gasteiger partial charge on any atom is 0.223 e. The molecule has 0 saturated carbocycles. The number of nitrogens with one attached hydrogen (secondary N) is 2. The summed E-state index contributed by atoms with van der Waals surface area (Å²) < 4.78 is 0. The van der Waals surface area contributed by atoms with Crippen molar-refractivity contribution in [3.8, 4) is 0 Å². The fourth-order valence-corrected chi connectivity index (χ4v) is 0.958. The molecule has 0 aliphatic carbocycles. The van der Waals surface area contributed by atoms with Gasteiger partial charge in [-0.25, -0.2) is 4.98 Å². The van der Waals surface area contributed by atoms with Crippen molar-refractivity contribution < 1.29 is 4.79 Å². The summed E-state index contributed by atoms with van der Waals surface area (Å²) in [6.07, 6.45) is 6.15. The van der Waals surface area contributed by atoms with E-state index >= 15 is 0 Å². The number of amides is 1. The van der Waals surface area contributed by atoms with Gasteiger partial charge in [-0.2, -0.15) is 0 Å². The van der Waals surface area contributed by atoms with Gasteiger partial charge >= 0.3 is 0 Å². The highest BCUT2D eigenvalue weighted by Gasteiger charge is 1.97. The first kappa shape index (κ1) is 9.51. The maximum atomic E-state index is 11.0. The van der Waals surface area contributed by atoms with Crippen molar-refractivity contribution in [1.29, 1.82) is 0 Å². The van der Waals surface area contributed by atoms with Gasteiger partial charge in [0.15, 0.2) is 0 Å². The van der Waals surface area contributed by atoms with Crippen LogP contribution in [0.25, 0.3) is 0 Å². The van der Waals surface area contributed by atoms with Crippen LogP contribution < -0.4 is 5.32 Å². The number of nitrogens with zero attached hydrogens (tertiary/aromatic N) is 1. The summed E-state index contributed by atoms with van der Waals surface area (Å²) in [5, 5.41) is 2.75. The third-order valence-electron chi connectivity index (χ3n) is 1.57. The van der Waals surface area contributed by atoms with Crippen molar-refractivity contribution in [3.05, 3.63) is 30.9 Å². The van der Waals surface area contributed by atoms with E-state index in [0.29, 0.717) is 13.0 Å². The predicted octanol–water partition coefficient (Wildman–Crippen LogP) is 0.644. The van der Waals surface area contributed by atoms with Gasteiger partial charge in [0.1, 0.15) is 5.82 Å². The van der Waals surface area contributed by atoms with Crippen molar-refractivity contribution in [2.24, 2.45) is 0 Å². The zero-order valence-corrected chi connectivity index (χ0v) is 7.42. The van der Waals surface area contributed by atoms with E-state index < -0.39 is 0 Å². The van der Waals surface area contributed by atoms with E-state index in [-0.39, 0.29) is 5.91 Å². The van der Waals surface area contributed by atoms with Crippen molar-refractivity contribution in [2.75, 3.05) is 6.54 Å². The number of aromatic nitrogens is 2. The number of H-pyrrole nitrogens is 1. The lowest BCUT2D eigenvalue weighted by atomic mass is 10.3.